The van der Waals surface area contributed by atoms with Crippen molar-refractivity contribution in [2.45, 2.75) is 19.4 Å². The van der Waals surface area contributed by atoms with Gasteiger partial charge in [-0.25, -0.2) is 4.39 Å². The van der Waals surface area contributed by atoms with Crippen LogP contribution in [0.25, 0.3) is 0 Å². The molecular weight excluding hydrogens is 184 g/mol. The average molecular weight is 195 g/mol. The van der Waals surface area contributed by atoms with E-state index in [9.17, 15) is 9.41 Å². The summed E-state index contributed by atoms with van der Waals surface area (Å²) in [5.41, 5.74) is 6.11. The normalized spacial score (nSPS) is 18.4. The molecular formula is C9H11BFNO2. The molecule has 0 amide bonds. The van der Waals surface area contributed by atoms with E-state index in [1.807, 2.05) is 0 Å². The Hall–Kier alpha value is -1.07. The number of nitrogens with two attached hydrogens (primary N) is 1. The minimum absolute atomic E-state index is 0.0783. The zero-order valence-electron chi connectivity index (χ0n) is 8.04. The molecule has 0 bridgehead atoms. The Bertz CT molecular complexity index is 395. The molecule has 1 aromatic carbocycles. The van der Waals surface area contributed by atoms with Crippen LogP contribution in [0.15, 0.2) is 12.1 Å². The number of hydrogen-bond acceptors (Lipinski definition) is 3. The maximum Gasteiger partial charge on any atom is 0.492 e. The summed E-state index contributed by atoms with van der Waals surface area (Å²) in [5, 5.41) is 9.50. The molecule has 0 radical (unpaired) electrons. The summed E-state index contributed by atoms with van der Waals surface area (Å²) in [4.78, 5) is 0. The van der Waals surface area contributed by atoms with E-state index in [0.717, 1.165) is 5.56 Å². The van der Waals surface area contributed by atoms with Crippen molar-refractivity contribution in [2.75, 3.05) is 5.73 Å². The zero-order chi connectivity index (χ0) is 10.5. The number of nitrogen functional groups attached to an aromatic ring is 1. The fourth-order valence-corrected chi connectivity index (χ4v) is 1.74. The Morgan fingerprint density at radius 1 is 1.50 bits per heavy atom. The molecule has 0 unspecified atom stereocenters. The molecule has 0 saturated carbocycles. The van der Waals surface area contributed by atoms with Gasteiger partial charge in [0.15, 0.2) is 0 Å². The molecule has 0 aromatic heterocycles. The van der Waals surface area contributed by atoms with Crippen LogP contribution in [0.1, 0.15) is 19.4 Å². The highest BCUT2D eigenvalue weighted by Gasteiger charge is 2.41. The van der Waals surface area contributed by atoms with Gasteiger partial charge in [0.05, 0.1) is 11.3 Å². The van der Waals surface area contributed by atoms with Crippen LogP contribution in [-0.4, -0.2) is 12.1 Å². The van der Waals surface area contributed by atoms with E-state index in [-0.39, 0.29) is 5.69 Å². The Balaban J connectivity index is 2.64. The second-order valence-electron chi connectivity index (χ2n) is 3.94. The van der Waals surface area contributed by atoms with Crippen LogP contribution in [-0.2, 0) is 10.3 Å². The molecule has 14 heavy (non-hydrogen) atoms. The lowest BCUT2D eigenvalue weighted by atomic mass is 9.78. The number of rotatable bonds is 0. The molecule has 0 atom stereocenters. The molecule has 0 fully saturated rings. The molecule has 1 aromatic rings. The third-order valence-electron chi connectivity index (χ3n) is 2.49. The van der Waals surface area contributed by atoms with E-state index in [4.69, 9.17) is 10.4 Å². The zero-order valence-corrected chi connectivity index (χ0v) is 8.04. The SMILES string of the molecule is CC1(C)OB(O)c2cc(F)c(N)cc21. The summed E-state index contributed by atoms with van der Waals surface area (Å²) >= 11 is 0. The van der Waals surface area contributed by atoms with Gasteiger partial charge in [-0.15, -0.1) is 0 Å². The summed E-state index contributed by atoms with van der Waals surface area (Å²) in [5.74, 6) is -0.524. The minimum atomic E-state index is -1.06. The van der Waals surface area contributed by atoms with Crippen molar-refractivity contribution in [2.24, 2.45) is 0 Å². The van der Waals surface area contributed by atoms with Crippen LogP contribution >= 0.6 is 0 Å². The predicted octanol–water partition coefficient (Wildman–Crippen LogP) is 0.361. The smallest absolute Gasteiger partial charge is 0.423 e. The summed E-state index contributed by atoms with van der Waals surface area (Å²) in [6.45, 7) is 3.61. The van der Waals surface area contributed by atoms with Gasteiger partial charge in [-0.1, -0.05) is 0 Å². The van der Waals surface area contributed by atoms with Gasteiger partial charge in [0.2, 0.25) is 0 Å². The van der Waals surface area contributed by atoms with Gasteiger partial charge in [-0.3, -0.25) is 0 Å². The number of fused-ring (bicyclic) bond motifs is 1. The van der Waals surface area contributed by atoms with Gasteiger partial charge in [-0.05, 0) is 37.0 Å². The molecule has 3 N–H and O–H groups in total. The van der Waals surface area contributed by atoms with Crippen molar-refractivity contribution >= 4 is 18.3 Å². The first kappa shape index (κ1) is 9.49. The minimum Gasteiger partial charge on any atom is -0.423 e. The van der Waals surface area contributed by atoms with Gasteiger partial charge in [0, 0.05) is 0 Å². The van der Waals surface area contributed by atoms with E-state index in [2.05, 4.69) is 0 Å². The molecule has 74 valence electrons. The topological polar surface area (TPSA) is 55.5 Å². The van der Waals surface area contributed by atoms with Crippen LogP contribution in [0.3, 0.4) is 0 Å². The van der Waals surface area contributed by atoms with Gasteiger partial charge >= 0.3 is 7.12 Å². The lowest BCUT2D eigenvalue weighted by Crippen LogP contribution is -2.29. The first-order valence-electron chi connectivity index (χ1n) is 4.37. The molecule has 5 heteroatoms. The van der Waals surface area contributed by atoms with Gasteiger partial charge < -0.3 is 15.4 Å². The third-order valence-corrected chi connectivity index (χ3v) is 2.49. The average Bonchev–Trinajstić information content (AvgIpc) is 2.26. The molecule has 1 heterocycles. The van der Waals surface area contributed by atoms with Crippen molar-refractivity contribution in [3.05, 3.63) is 23.5 Å². The second kappa shape index (κ2) is 2.71. The van der Waals surface area contributed by atoms with Gasteiger partial charge in [-0.2, -0.15) is 0 Å². The maximum absolute atomic E-state index is 13.1. The number of hydrogen-bond donors (Lipinski definition) is 2. The predicted molar refractivity (Wildman–Crippen MR) is 52.5 cm³/mol. The second-order valence-corrected chi connectivity index (χ2v) is 3.94. The molecule has 0 spiro atoms. The molecule has 0 saturated heterocycles. The quantitative estimate of drug-likeness (QED) is 0.464. The first-order chi connectivity index (χ1) is 6.42. The summed E-state index contributed by atoms with van der Waals surface area (Å²) in [7, 11) is -1.06. The van der Waals surface area contributed by atoms with Crippen molar-refractivity contribution < 1.29 is 14.1 Å². The maximum atomic E-state index is 13.1. The Labute approximate surface area is 81.8 Å². The van der Waals surface area contributed by atoms with Gasteiger partial charge in [0.25, 0.3) is 0 Å². The lowest BCUT2D eigenvalue weighted by molar-refractivity contribution is 0.101. The summed E-state index contributed by atoms with van der Waals surface area (Å²) in [6, 6.07) is 2.74. The highest BCUT2D eigenvalue weighted by Crippen LogP contribution is 2.31. The van der Waals surface area contributed by atoms with E-state index < -0.39 is 18.5 Å². The fraction of sp³-hybridized carbons (Fsp3) is 0.333. The molecule has 1 aliphatic heterocycles. The number of benzene rings is 1. The van der Waals surface area contributed by atoms with Crippen LogP contribution in [0.5, 0.6) is 0 Å². The van der Waals surface area contributed by atoms with E-state index in [1.165, 1.54) is 12.1 Å². The van der Waals surface area contributed by atoms with E-state index >= 15 is 0 Å². The van der Waals surface area contributed by atoms with Crippen molar-refractivity contribution in [1.29, 1.82) is 0 Å². The van der Waals surface area contributed by atoms with E-state index in [0.29, 0.717) is 5.46 Å². The van der Waals surface area contributed by atoms with Crippen LogP contribution in [0.4, 0.5) is 10.1 Å². The number of anilines is 1. The standard InChI is InChI=1S/C9H11BFNO2/c1-9(2)5-3-8(12)7(11)4-6(5)10(13)14-9/h3-4,13H,12H2,1-2H3. The molecule has 2 rings (SSSR count). The molecule has 0 aliphatic carbocycles. The van der Waals surface area contributed by atoms with Crippen LogP contribution < -0.4 is 11.2 Å². The Kier molecular flexibility index (Phi) is 1.84. The summed E-state index contributed by atoms with van der Waals surface area (Å²) < 4.78 is 18.4. The number of halogens is 1. The highest BCUT2D eigenvalue weighted by atomic mass is 19.1. The van der Waals surface area contributed by atoms with Crippen molar-refractivity contribution in [3.63, 3.8) is 0 Å². The van der Waals surface area contributed by atoms with Crippen molar-refractivity contribution in [3.8, 4) is 0 Å². The van der Waals surface area contributed by atoms with E-state index in [1.54, 1.807) is 13.8 Å². The fourth-order valence-electron chi connectivity index (χ4n) is 1.74. The highest BCUT2D eigenvalue weighted by molar-refractivity contribution is 6.62. The Morgan fingerprint density at radius 2 is 2.14 bits per heavy atom. The monoisotopic (exact) mass is 195 g/mol. The first-order valence-corrected chi connectivity index (χ1v) is 4.37. The largest absolute Gasteiger partial charge is 0.492 e. The van der Waals surface area contributed by atoms with Crippen LogP contribution in [0, 0.1) is 5.82 Å². The van der Waals surface area contributed by atoms with Crippen LogP contribution in [0.2, 0.25) is 0 Å². The van der Waals surface area contributed by atoms with Crippen molar-refractivity contribution in [1.82, 2.24) is 0 Å². The third kappa shape index (κ3) is 1.20. The van der Waals surface area contributed by atoms with Gasteiger partial charge in [0.1, 0.15) is 5.82 Å². The lowest BCUT2D eigenvalue weighted by Gasteiger charge is -2.19. The molecule has 3 nitrogen and oxygen atoms in total. The molecule has 1 aliphatic rings. The summed E-state index contributed by atoms with van der Waals surface area (Å²) in [6.07, 6.45) is 0. The Morgan fingerprint density at radius 3 is 2.79 bits per heavy atom.